The van der Waals surface area contributed by atoms with Crippen LogP contribution in [0.4, 0.5) is 4.79 Å². The van der Waals surface area contributed by atoms with Crippen LogP contribution in [0.25, 0.3) is 0 Å². The summed E-state index contributed by atoms with van der Waals surface area (Å²) >= 11 is 0. The maximum absolute atomic E-state index is 11.9. The highest BCUT2D eigenvalue weighted by molar-refractivity contribution is 5.71. The van der Waals surface area contributed by atoms with Crippen molar-refractivity contribution in [1.29, 1.82) is 0 Å². The maximum atomic E-state index is 11.9. The molecule has 1 unspecified atom stereocenters. The zero-order valence-electron chi connectivity index (χ0n) is 13.3. The van der Waals surface area contributed by atoms with Gasteiger partial charge in [0.15, 0.2) is 6.17 Å². The minimum absolute atomic E-state index is 0.298. The van der Waals surface area contributed by atoms with Gasteiger partial charge in [0.2, 0.25) is 0 Å². The molecule has 1 N–H and O–H groups in total. The molecule has 1 saturated heterocycles. The van der Waals surface area contributed by atoms with Crippen LogP contribution >= 0.6 is 0 Å². The molecule has 0 aromatic carbocycles. The molecule has 0 aliphatic carbocycles. The number of rotatable bonds is 3. The fourth-order valence-corrected chi connectivity index (χ4v) is 2.13. The highest BCUT2D eigenvalue weighted by Crippen LogP contribution is 2.12. The second kappa shape index (κ2) is 7.08. The predicted octanol–water partition coefficient (Wildman–Crippen LogP) is 1.09. The van der Waals surface area contributed by atoms with Crippen molar-refractivity contribution < 1.29 is 19.8 Å². The zero-order chi connectivity index (χ0) is 16.2. The Bertz CT molecular complexity index is 439. The van der Waals surface area contributed by atoms with Crippen LogP contribution in [0.15, 0.2) is 17.3 Å². The number of hydrogen-bond donors (Lipinski definition) is 1. The summed E-state index contributed by atoms with van der Waals surface area (Å²) in [5.41, 5.74) is -0.519. The molecule has 1 fully saturated rings. The Morgan fingerprint density at radius 3 is 2.59 bits per heavy atom. The second-order valence-corrected chi connectivity index (χ2v) is 6.33. The van der Waals surface area contributed by atoms with E-state index in [1.165, 1.54) is 0 Å². The largest absolute Gasteiger partial charge is 0.441 e. The number of aliphatic imine (C=N–C) groups is 1. The van der Waals surface area contributed by atoms with Gasteiger partial charge in [-0.1, -0.05) is 0 Å². The first-order valence-corrected chi connectivity index (χ1v) is 7.39. The zero-order valence-corrected chi connectivity index (χ0v) is 13.3. The minimum atomic E-state index is -0.519. The summed E-state index contributed by atoms with van der Waals surface area (Å²) in [4.78, 5) is 29.7. The molecule has 0 spiro atoms. The average molecular weight is 312 g/mol. The Kier molecular flexibility index (Phi) is 5.38. The van der Waals surface area contributed by atoms with Gasteiger partial charge in [-0.2, -0.15) is 4.89 Å². The van der Waals surface area contributed by atoms with Gasteiger partial charge in [0.1, 0.15) is 5.60 Å². The molecule has 0 radical (unpaired) electrons. The molecule has 0 saturated carbocycles. The third kappa shape index (κ3) is 4.97. The third-order valence-electron chi connectivity index (χ3n) is 3.30. The highest BCUT2D eigenvalue weighted by Gasteiger charge is 2.26. The summed E-state index contributed by atoms with van der Waals surface area (Å²) in [6.45, 7) is 8.59. The van der Waals surface area contributed by atoms with Crippen molar-refractivity contribution in [1.82, 2.24) is 14.9 Å². The number of piperazine rings is 1. The van der Waals surface area contributed by atoms with E-state index in [2.05, 4.69) is 9.89 Å². The maximum Gasteiger partial charge on any atom is 0.441 e. The van der Waals surface area contributed by atoms with Crippen LogP contribution in [0.1, 0.15) is 20.8 Å². The lowest BCUT2D eigenvalue weighted by atomic mass is 10.2. The van der Waals surface area contributed by atoms with Gasteiger partial charge in [0.25, 0.3) is 0 Å². The van der Waals surface area contributed by atoms with Gasteiger partial charge in [-0.15, -0.1) is 0 Å². The summed E-state index contributed by atoms with van der Waals surface area (Å²) in [7, 11) is 0. The molecular weight excluding hydrogens is 288 g/mol. The summed E-state index contributed by atoms with van der Waals surface area (Å²) in [5.74, 6) is 0. The molecule has 1 amide bonds. The van der Waals surface area contributed by atoms with Crippen molar-refractivity contribution in [3.63, 3.8) is 0 Å². The fraction of sp³-hybridized carbons (Fsp3) is 0.714. The number of carbonyl (C=O) groups excluding carboxylic acids is 1. The lowest BCUT2D eigenvalue weighted by molar-refractivity contribution is -0.305. The van der Waals surface area contributed by atoms with Crippen molar-refractivity contribution in [3.8, 4) is 0 Å². The Morgan fingerprint density at radius 2 is 2.00 bits per heavy atom. The van der Waals surface area contributed by atoms with Crippen molar-refractivity contribution in [3.05, 3.63) is 12.3 Å². The number of hydroxylamine groups is 2. The molecule has 8 heteroatoms. The fourth-order valence-electron chi connectivity index (χ4n) is 2.13. The number of allylic oxidation sites excluding steroid dienone is 1. The highest BCUT2D eigenvalue weighted by atomic mass is 17.2. The topological polar surface area (TPSA) is 77.8 Å². The van der Waals surface area contributed by atoms with Crippen LogP contribution in [0.2, 0.25) is 0 Å². The van der Waals surface area contributed by atoms with Crippen molar-refractivity contribution >= 4 is 12.3 Å². The van der Waals surface area contributed by atoms with Crippen LogP contribution < -0.4 is 0 Å². The minimum Gasteiger partial charge on any atom is -0.303 e. The van der Waals surface area contributed by atoms with Gasteiger partial charge in [-0.25, -0.2) is 9.86 Å². The van der Waals surface area contributed by atoms with E-state index < -0.39 is 11.7 Å². The van der Waals surface area contributed by atoms with E-state index in [-0.39, 0.29) is 6.17 Å². The quantitative estimate of drug-likeness (QED) is 0.621. The summed E-state index contributed by atoms with van der Waals surface area (Å²) in [6, 6.07) is 0. The van der Waals surface area contributed by atoms with E-state index in [0.29, 0.717) is 32.7 Å². The van der Waals surface area contributed by atoms with Crippen LogP contribution in [-0.2, 0) is 9.78 Å². The van der Waals surface area contributed by atoms with Crippen LogP contribution in [0, 0.1) is 0 Å². The number of nitrogens with zero attached hydrogens (tertiary/aromatic N) is 4. The molecule has 2 rings (SSSR count). The Hall–Kier alpha value is -1.64. The molecule has 22 heavy (non-hydrogen) atoms. The molecule has 8 nitrogen and oxygen atoms in total. The number of carbonyl (C=O) groups is 1. The van der Waals surface area contributed by atoms with Crippen LogP contribution in [-0.4, -0.2) is 76.9 Å². The Morgan fingerprint density at radius 1 is 1.32 bits per heavy atom. The van der Waals surface area contributed by atoms with E-state index in [1.54, 1.807) is 23.4 Å². The molecule has 0 aromatic heterocycles. The first-order chi connectivity index (χ1) is 10.3. The monoisotopic (exact) mass is 312 g/mol. The van der Waals surface area contributed by atoms with Gasteiger partial charge in [-0.3, -0.25) is 20.0 Å². The van der Waals surface area contributed by atoms with Gasteiger partial charge in [0.05, 0.1) is 0 Å². The summed E-state index contributed by atoms with van der Waals surface area (Å²) in [6.07, 6.45) is 4.17. The molecule has 0 aromatic rings. The normalized spacial score (nSPS) is 23.0. The molecular formula is C14H24N4O4. The Labute approximate surface area is 130 Å². The molecule has 124 valence electrons. The van der Waals surface area contributed by atoms with Gasteiger partial charge >= 0.3 is 6.09 Å². The third-order valence-corrected chi connectivity index (χ3v) is 3.30. The van der Waals surface area contributed by atoms with Gasteiger partial charge in [0, 0.05) is 45.1 Å². The lowest BCUT2D eigenvalue weighted by Crippen LogP contribution is -2.52. The number of hydrogen-bond acceptors (Lipinski definition) is 7. The standard InChI is InChI=1S/C14H24N4O4/c1-14(2,3)22-21-13(19)17-9-7-16(8-10-17)11-12-15-5-4-6-18(12)20/h4-6,12,20H,7-11H2,1-3H3. The Balaban J connectivity index is 1.72. The number of amides is 1. The van der Waals surface area contributed by atoms with E-state index in [4.69, 9.17) is 9.78 Å². The van der Waals surface area contributed by atoms with Crippen molar-refractivity contribution in [2.75, 3.05) is 32.7 Å². The first-order valence-electron chi connectivity index (χ1n) is 7.39. The second-order valence-electron chi connectivity index (χ2n) is 6.33. The molecule has 2 heterocycles. The van der Waals surface area contributed by atoms with Crippen LogP contribution in [0.5, 0.6) is 0 Å². The smallest absolute Gasteiger partial charge is 0.303 e. The average Bonchev–Trinajstić information content (AvgIpc) is 2.47. The molecule has 0 bridgehead atoms. The van der Waals surface area contributed by atoms with Crippen molar-refractivity contribution in [2.45, 2.75) is 32.5 Å². The molecule has 2 aliphatic rings. The van der Waals surface area contributed by atoms with Gasteiger partial charge in [-0.05, 0) is 26.8 Å². The molecule has 1 atom stereocenters. The molecule has 2 aliphatic heterocycles. The summed E-state index contributed by atoms with van der Waals surface area (Å²) < 4.78 is 0. The van der Waals surface area contributed by atoms with E-state index >= 15 is 0 Å². The van der Waals surface area contributed by atoms with E-state index in [0.717, 1.165) is 5.06 Å². The SMILES string of the molecule is CC(C)(C)OOC(=O)N1CCN(CC2N=CC=CN2O)CC1. The van der Waals surface area contributed by atoms with Gasteiger partial charge < -0.3 is 4.90 Å². The summed E-state index contributed by atoms with van der Waals surface area (Å²) in [5, 5.41) is 10.8. The van der Waals surface area contributed by atoms with E-state index in [9.17, 15) is 10.0 Å². The van der Waals surface area contributed by atoms with Crippen LogP contribution in [0.3, 0.4) is 0 Å². The lowest BCUT2D eigenvalue weighted by Gasteiger charge is -2.36. The van der Waals surface area contributed by atoms with E-state index in [1.807, 2.05) is 20.8 Å². The van der Waals surface area contributed by atoms with Crippen molar-refractivity contribution in [2.24, 2.45) is 4.99 Å². The first kappa shape index (κ1) is 16.7. The predicted molar refractivity (Wildman–Crippen MR) is 80.4 cm³/mol.